The summed E-state index contributed by atoms with van der Waals surface area (Å²) < 4.78 is 1.17. The lowest BCUT2D eigenvalue weighted by Crippen LogP contribution is -1.97. The van der Waals surface area contributed by atoms with Crippen molar-refractivity contribution in [3.8, 4) is 0 Å². The predicted molar refractivity (Wildman–Crippen MR) is 90.4 cm³/mol. The van der Waals surface area contributed by atoms with Crippen LogP contribution in [0.3, 0.4) is 0 Å². The fraction of sp³-hybridized carbons (Fsp3) is 0.167. The lowest BCUT2D eigenvalue weighted by molar-refractivity contribution is 0.350. The van der Waals surface area contributed by atoms with Crippen LogP contribution >= 0.6 is 11.3 Å². The molecule has 0 radical (unpaired) electrons. The molecular formula is C18H17NOS. The third-order valence-corrected chi connectivity index (χ3v) is 4.64. The second-order valence-electron chi connectivity index (χ2n) is 5.11. The van der Waals surface area contributed by atoms with Gasteiger partial charge in [-0.3, -0.25) is 0 Å². The van der Waals surface area contributed by atoms with Crippen molar-refractivity contribution in [2.75, 3.05) is 6.61 Å². The molecule has 1 heterocycles. The number of aryl methyl sites for hydroxylation is 1. The summed E-state index contributed by atoms with van der Waals surface area (Å²) in [5.74, 6) is 0. The van der Waals surface area contributed by atoms with Gasteiger partial charge in [0.25, 0.3) is 0 Å². The molecule has 0 amide bonds. The number of aromatic nitrogens is 1. The predicted octanol–water partition coefficient (Wildman–Crippen LogP) is 4.53. The van der Waals surface area contributed by atoms with E-state index in [1.165, 1.54) is 10.3 Å². The molecule has 0 aliphatic heterocycles. The number of aliphatic hydroxyl groups excluding tert-OH is 1. The SMILES string of the molecule is C/C(=C(/CO)c1ccccc1C)c1ccc2ncsc2c1. The Morgan fingerprint density at radius 3 is 2.76 bits per heavy atom. The van der Waals surface area contributed by atoms with Gasteiger partial charge in [-0.05, 0) is 53.8 Å². The molecule has 0 bridgehead atoms. The Hall–Kier alpha value is -1.97. The smallest absolute Gasteiger partial charge is 0.0812 e. The van der Waals surface area contributed by atoms with Crippen molar-refractivity contribution in [1.82, 2.24) is 4.98 Å². The van der Waals surface area contributed by atoms with Crippen LogP contribution < -0.4 is 0 Å². The van der Waals surface area contributed by atoms with Crippen molar-refractivity contribution in [3.63, 3.8) is 0 Å². The molecule has 0 saturated heterocycles. The van der Waals surface area contributed by atoms with E-state index in [-0.39, 0.29) is 6.61 Å². The zero-order valence-electron chi connectivity index (χ0n) is 12.1. The quantitative estimate of drug-likeness (QED) is 0.720. The van der Waals surface area contributed by atoms with Gasteiger partial charge in [-0.15, -0.1) is 11.3 Å². The number of hydrogen-bond acceptors (Lipinski definition) is 3. The first kappa shape index (κ1) is 14.0. The van der Waals surface area contributed by atoms with Crippen LogP contribution in [0, 0.1) is 6.92 Å². The summed E-state index contributed by atoms with van der Waals surface area (Å²) in [6, 6.07) is 14.4. The van der Waals surface area contributed by atoms with Crippen LogP contribution in [0.5, 0.6) is 0 Å². The minimum Gasteiger partial charge on any atom is -0.392 e. The Morgan fingerprint density at radius 2 is 2.00 bits per heavy atom. The van der Waals surface area contributed by atoms with Crippen LogP contribution in [-0.2, 0) is 0 Å². The third-order valence-electron chi connectivity index (χ3n) is 3.85. The summed E-state index contributed by atoms with van der Waals surface area (Å²) in [6.07, 6.45) is 0. The van der Waals surface area contributed by atoms with Crippen LogP contribution in [0.4, 0.5) is 0 Å². The highest BCUT2D eigenvalue weighted by Crippen LogP contribution is 2.30. The van der Waals surface area contributed by atoms with E-state index in [0.29, 0.717) is 0 Å². The van der Waals surface area contributed by atoms with Gasteiger partial charge in [-0.2, -0.15) is 0 Å². The molecule has 1 N–H and O–H groups in total. The highest BCUT2D eigenvalue weighted by Gasteiger charge is 2.10. The van der Waals surface area contributed by atoms with E-state index in [9.17, 15) is 5.11 Å². The highest BCUT2D eigenvalue weighted by molar-refractivity contribution is 7.16. The molecule has 3 aromatic rings. The zero-order chi connectivity index (χ0) is 14.8. The number of benzene rings is 2. The van der Waals surface area contributed by atoms with Crippen LogP contribution in [0.15, 0.2) is 48.0 Å². The minimum atomic E-state index is 0.0391. The summed E-state index contributed by atoms with van der Waals surface area (Å²) in [7, 11) is 0. The summed E-state index contributed by atoms with van der Waals surface area (Å²) in [5.41, 5.74) is 8.42. The molecule has 3 rings (SSSR count). The van der Waals surface area contributed by atoms with Crippen molar-refractivity contribution < 1.29 is 5.11 Å². The topological polar surface area (TPSA) is 33.1 Å². The first-order valence-corrected chi connectivity index (χ1v) is 7.79. The number of rotatable bonds is 3. The minimum absolute atomic E-state index is 0.0391. The first-order chi connectivity index (χ1) is 10.2. The molecule has 0 fully saturated rings. The van der Waals surface area contributed by atoms with E-state index in [4.69, 9.17) is 0 Å². The number of nitrogens with zero attached hydrogens (tertiary/aromatic N) is 1. The second kappa shape index (κ2) is 5.80. The zero-order valence-corrected chi connectivity index (χ0v) is 12.9. The Bertz CT molecular complexity index is 817. The van der Waals surface area contributed by atoms with Gasteiger partial charge >= 0.3 is 0 Å². The monoisotopic (exact) mass is 295 g/mol. The van der Waals surface area contributed by atoms with Gasteiger partial charge in [0, 0.05) is 0 Å². The Morgan fingerprint density at radius 1 is 1.19 bits per heavy atom. The third kappa shape index (κ3) is 2.62. The van der Waals surface area contributed by atoms with E-state index < -0.39 is 0 Å². The van der Waals surface area contributed by atoms with Gasteiger partial charge in [0.1, 0.15) is 0 Å². The van der Waals surface area contributed by atoms with Crippen molar-refractivity contribution in [1.29, 1.82) is 0 Å². The van der Waals surface area contributed by atoms with Gasteiger partial charge in [-0.25, -0.2) is 4.98 Å². The van der Waals surface area contributed by atoms with Gasteiger partial charge in [-0.1, -0.05) is 30.3 Å². The standard InChI is InChI=1S/C18H17NOS/c1-12-5-3-4-6-15(12)16(10-20)13(2)14-7-8-17-18(9-14)21-11-19-17/h3-9,11,20H,10H2,1-2H3/b16-13+. The molecular weight excluding hydrogens is 278 g/mol. The van der Waals surface area contributed by atoms with Crippen LogP contribution in [-0.4, -0.2) is 16.7 Å². The molecule has 0 atom stereocenters. The summed E-state index contributed by atoms with van der Waals surface area (Å²) in [5, 5.41) is 9.84. The van der Waals surface area contributed by atoms with E-state index in [1.54, 1.807) is 11.3 Å². The Labute approximate surface area is 128 Å². The molecule has 21 heavy (non-hydrogen) atoms. The molecule has 0 unspecified atom stereocenters. The van der Waals surface area contributed by atoms with Crippen molar-refractivity contribution in [2.45, 2.75) is 13.8 Å². The van der Waals surface area contributed by atoms with E-state index >= 15 is 0 Å². The molecule has 0 aliphatic rings. The maximum absolute atomic E-state index is 9.84. The average Bonchev–Trinajstić information content (AvgIpc) is 2.97. The van der Waals surface area contributed by atoms with Crippen LogP contribution in [0.25, 0.3) is 21.4 Å². The molecule has 106 valence electrons. The van der Waals surface area contributed by atoms with Gasteiger partial charge in [0.2, 0.25) is 0 Å². The number of allylic oxidation sites excluding steroid dienone is 1. The van der Waals surface area contributed by atoms with Gasteiger partial charge in [0.05, 0.1) is 22.3 Å². The fourth-order valence-electron chi connectivity index (χ4n) is 2.58. The normalized spacial score (nSPS) is 12.5. The van der Waals surface area contributed by atoms with Crippen molar-refractivity contribution in [3.05, 3.63) is 64.7 Å². The lowest BCUT2D eigenvalue weighted by Gasteiger charge is -2.13. The molecule has 2 aromatic carbocycles. The van der Waals surface area contributed by atoms with E-state index in [0.717, 1.165) is 27.8 Å². The fourth-order valence-corrected chi connectivity index (χ4v) is 3.30. The van der Waals surface area contributed by atoms with Gasteiger partial charge in [0.15, 0.2) is 0 Å². The maximum Gasteiger partial charge on any atom is 0.0812 e. The number of fused-ring (bicyclic) bond motifs is 1. The molecule has 3 heteroatoms. The molecule has 0 aliphatic carbocycles. The number of aliphatic hydroxyl groups is 1. The van der Waals surface area contributed by atoms with Gasteiger partial charge < -0.3 is 5.11 Å². The molecule has 2 nitrogen and oxygen atoms in total. The van der Waals surface area contributed by atoms with Crippen LogP contribution in [0.1, 0.15) is 23.6 Å². The van der Waals surface area contributed by atoms with Crippen LogP contribution in [0.2, 0.25) is 0 Å². The summed E-state index contributed by atoms with van der Waals surface area (Å²) >= 11 is 1.64. The summed E-state index contributed by atoms with van der Waals surface area (Å²) in [4.78, 5) is 4.31. The lowest BCUT2D eigenvalue weighted by atomic mass is 9.93. The molecule has 0 spiro atoms. The molecule has 1 aromatic heterocycles. The van der Waals surface area contributed by atoms with Crippen molar-refractivity contribution >= 4 is 32.7 Å². The second-order valence-corrected chi connectivity index (χ2v) is 6.00. The summed E-state index contributed by atoms with van der Waals surface area (Å²) in [6.45, 7) is 4.18. The van der Waals surface area contributed by atoms with Crippen molar-refractivity contribution in [2.24, 2.45) is 0 Å². The Balaban J connectivity index is 2.15. The van der Waals surface area contributed by atoms with E-state index in [1.807, 2.05) is 23.7 Å². The molecule has 0 saturated carbocycles. The average molecular weight is 295 g/mol. The number of hydrogen-bond donors (Lipinski definition) is 1. The first-order valence-electron chi connectivity index (χ1n) is 6.91. The Kier molecular flexibility index (Phi) is 3.86. The largest absolute Gasteiger partial charge is 0.392 e. The highest BCUT2D eigenvalue weighted by atomic mass is 32.1. The maximum atomic E-state index is 9.84. The number of thiazole rings is 1. The van der Waals surface area contributed by atoms with E-state index in [2.05, 4.69) is 43.1 Å².